The molecule has 0 bridgehead atoms. The fraction of sp³-hybridized carbons (Fsp3) is 0.462. The summed E-state index contributed by atoms with van der Waals surface area (Å²) in [4.78, 5) is 11.9. The molecule has 1 saturated carbocycles. The number of aliphatic hydroxyl groups is 1. The number of aliphatic hydroxyl groups excluding tert-OH is 1. The maximum absolute atomic E-state index is 11.9. The molecule has 1 aliphatic carbocycles. The molecule has 0 saturated heterocycles. The van der Waals surface area contributed by atoms with Crippen molar-refractivity contribution in [3.8, 4) is 0 Å². The van der Waals surface area contributed by atoms with Crippen LogP contribution in [0.5, 0.6) is 0 Å². The van der Waals surface area contributed by atoms with Crippen molar-refractivity contribution in [1.29, 1.82) is 0 Å². The van der Waals surface area contributed by atoms with E-state index >= 15 is 0 Å². The average Bonchev–Trinajstić information content (AvgIpc) is 2.27. The molecule has 0 radical (unpaired) electrons. The first-order valence-electron chi connectivity index (χ1n) is 5.77. The highest BCUT2D eigenvalue weighted by Crippen LogP contribution is 2.20. The zero-order chi connectivity index (χ0) is 11.5. The van der Waals surface area contributed by atoms with E-state index in [9.17, 15) is 4.79 Å². The first-order valence-corrected chi connectivity index (χ1v) is 5.77. The Labute approximate surface area is 95.5 Å². The van der Waals surface area contributed by atoms with Crippen LogP contribution in [0, 0.1) is 0 Å². The maximum atomic E-state index is 11.9. The molecule has 0 heterocycles. The van der Waals surface area contributed by atoms with Crippen LogP contribution in [0.3, 0.4) is 0 Å². The second-order valence-corrected chi connectivity index (χ2v) is 4.31. The third kappa shape index (κ3) is 2.25. The van der Waals surface area contributed by atoms with Crippen LogP contribution >= 0.6 is 0 Å². The summed E-state index contributed by atoms with van der Waals surface area (Å²) in [6.07, 6.45) is 1.99. The van der Waals surface area contributed by atoms with Crippen molar-refractivity contribution in [3.63, 3.8) is 0 Å². The lowest BCUT2D eigenvalue weighted by Gasteiger charge is -2.32. The Morgan fingerprint density at radius 2 is 2.12 bits per heavy atom. The van der Waals surface area contributed by atoms with Crippen molar-refractivity contribution in [2.24, 2.45) is 0 Å². The van der Waals surface area contributed by atoms with E-state index in [2.05, 4.69) is 5.32 Å². The number of rotatable bonds is 3. The SMILES string of the molecule is CCc1ccccc1C(=O)NC1CC(O)C1. The molecule has 2 rings (SSSR count). The number of nitrogens with one attached hydrogen (secondary N) is 1. The molecular weight excluding hydrogens is 202 g/mol. The van der Waals surface area contributed by atoms with Crippen molar-refractivity contribution in [2.45, 2.75) is 38.3 Å². The highest BCUT2D eigenvalue weighted by Gasteiger charge is 2.28. The summed E-state index contributed by atoms with van der Waals surface area (Å²) in [5.74, 6) is -0.0191. The Kier molecular flexibility index (Phi) is 3.25. The van der Waals surface area contributed by atoms with Gasteiger partial charge in [-0.05, 0) is 30.9 Å². The molecule has 1 aromatic carbocycles. The van der Waals surface area contributed by atoms with Gasteiger partial charge in [0, 0.05) is 11.6 Å². The maximum Gasteiger partial charge on any atom is 0.251 e. The molecule has 0 atom stereocenters. The van der Waals surface area contributed by atoms with E-state index in [0.717, 1.165) is 17.5 Å². The molecule has 86 valence electrons. The largest absolute Gasteiger partial charge is 0.393 e. The smallest absolute Gasteiger partial charge is 0.251 e. The van der Waals surface area contributed by atoms with Crippen molar-refractivity contribution in [3.05, 3.63) is 35.4 Å². The number of carbonyl (C=O) groups excluding carboxylic acids is 1. The molecule has 0 spiro atoms. The van der Waals surface area contributed by atoms with Gasteiger partial charge < -0.3 is 10.4 Å². The van der Waals surface area contributed by atoms with Gasteiger partial charge >= 0.3 is 0 Å². The van der Waals surface area contributed by atoms with Crippen molar-refractivity contribution in [2.75, 3.05) is 0 Å². The third-order valence-corrected chi connectivity index (χ3v) is 3.09. The number of benzene rings is 1. The van der Waals surface area contributed by atoms with E-state index in [0.29, 0.717) is 12.8 Å². The summed E-state index contributed by atoms with van der Waals surface area (Å²) in [7, 11) is 0. The second-order valence-electron chi connectivity index (χ2n) is 4.31. The molecule has 0 unspecified atom stereocenters. The van der Waals surface area contributed by atoms with Crippen LogP contribution in [0.2, 0.25) is 0 Å². The molecular formula is C13H17NO2. The number of amides is 1. The van der Waals surface area contributed by atoms with Crippen LogP contribution in [0.4, 0.5) is 0 Å². The van der Waals surface area contributed by atoms with E-state index in [1.165, 1.54) is 0 Å². The number of hydrogen-bond donors (Lipinski definition) is 2. The first kappa shape index (κ1) is 11.1. The quantitative estimate of drug-likeness (QED) is 0.809. The van der Waals surface area contributed by atoms with Gasteiger partial charge in [0.2, 0.25) is 0 Å². The molecule has 1 aliphatic rings. The van der Waals surface area contributed by atoms with Crippen LogP contribution in [-0.2, 0) is 6.42 Å². The van der Waals surface area contributed by atoms with E-state index in [-0.39, 0.29) is 18.1 Å². The topological polar surface area (TPSA) is 49.3 Å². The highest BCUT2D eigenvalue weighted by molar-refractivity contribution is 5.95. The van der Waals surface area contributed by atoms with Crippen LogP contribution in [0.15, 0.2) is 24.3 Å². The van der Waals surface area contributed by atoms with Gasteiger partial charge in [0.1, 0.15) is 0 Å². The Morgan fingerprint density at radius 1 is 1.44 bits per heavy atom. The van der Waals surface area contributed by atoms with Crippen LogP contribution < -0.4 is 5.32 Å². The van der Waals surface area contributed by atoms with E-state index in [1.807, 2.05) is 31.2 Å². The Morgan fingerprint density at radius 3 is 2.75 bits per heavy atom. The van der Waals surface area contributed by atoms with E-state index < -0.39 is 0 Å². The summed E-state index contributed by atoms with van der Waals surface area (Å²) in [5, 5.41) is 12.1. The minimum absolute atomic E-state index is 0.0191. The van der Waals surface area contributed by atoms with Gasteiger partial charge in [-0.15, -0.1) is 0 Å². The Hall–Kier alpha value is -1.35. The first-order chi connectivity index (χ1) is 7.70. The molecule has 3 heteroatoms. The zero-order valence-corrected chi connectivity index (χ0v) is 9.44. The van der Waals surface area contributed by atoms with Crippen molar-refractivity contribution in [1.82, 2.24) is 5.32 Å². The Balaban J connectivity index is 2.03. The zero-order valence-electron chi connectivity index (χ0n) is 9.44. The summed E-state index contributed by atoms with van der Waals surface area (Å²) in [6, 6.07) is 7.80. The lowest BCUT2D eigenvalue weighted by atomic mass is 9.89. The summed E-state index contributed by atoms with van der Waals surface area (Å²) < 4.78 is 0. The van der Waals surface area contributed by atoms with E-state index in [1.54, 1.807) is 0 Å². The number of carbonyl (C=O) groups is 1. The van der Waals surface area contributed by atoms with Crippen molar-refractivity contribution < 1.29 is 9.90 Å². The predicted octanol–water partition coefficient (Wildman–Crippen LogP) is 1.50. The van der Waals surface area contributed by atoms with Gasteiger partial charge in [0.15, 0.2) is 0 Å². The lowest BCUT2D eigenvalue weighted by Crippen LogP contribution is -2.46. The summed E-state index contributed by atoms with van der Waals surface area (Å²) in [6.45, 7) is 2.04. The highest BCUT2D eigenvalue weighted by atomic mass is 16.3. The molecule has 0 aliphatic heterocycles. The molecule has 1 amide bonds. The fourth-order valence-corrected chi connectivity index (χ4v) is 2.02. The monoisotopic (exact) mass is 219 g/mol. The Bertz CT molecular complexity index is 383. The molecule has 1 aromatic rings. The van der Waals surface area contributed by atoms with Gasteiger partial charge in [-0.2, -0.15) is 0 Å². The minimum Gasteiger partial charge on any atom is -0.393 e. The number of aryl methyl sites for hydroxylation is 1. The van der Waals surface area contributed by atoms with Gasteiger partial charge in [-0.3, -0.25) is 4.79 Å². The molecule has 3 nitrogen and oxygen atoms in total. The van der Waals surface area contributed by atoms with Gasteiger partial charge in [-0.1, -0.05) is 25.1 Å². The molecule has 16 heavy (non-hydrogen) atoms. The lowest BCUT2D eigenvalue weighted by molar-refractivity contribution is 0.0562. The number of hydrogen-bond acceptors (Lipinski definition) is 2. The van der Waals surface area contributed by atoms with Crippen LogP contribution in [0.25, 0.3) is 0 Å². The molecule has 0 aromatic heterocycles. The molecule has 1 fully saturated rings. The van der Waals surface area contributed by atoms with Crippen LogP contribution in [-0.4, -0.2) is 23.2 Å². The third-order valence-electron chi connectivity index (χ3n) is 3.09. The van der Waals surface area contributed by atoms with Gasteiger partial charge in [0.05, 0.1) is 6.10 Å². The normalized spacial score (nSPS) is 23.6. The summed E-state index contributed by atoms with van der Waals surface area (Å²) in [5.41, 5.74) is 1.83. The van der Waals surface area contributed by atoms with E-state index in [4.69, 9.17) is 5.11 Å². The standard InChI is InChI=1S/C13H17NO2/c1-2-9-5-3-4-6-12(9)13(16)14-10-7-11(15)8-10/h3-6,10-11,15H,2,7-8H2,1H3,(H,14,16). The molecule has 2 N–H and O–H groups in total. The predicted molar refractivity (Wildman–Crippen MR) is 62.3 cm³/mol. The summed E-state index contributed by atoms with van der Waals surface area (Å²) >= 11 is 0. The van der Waals surface area contributed by atoms with Gasteiger partial charge in [-0.25, -0.2) is 0 Å². The fourth-order valence-electron chi connectivity index (χ4n) is 2.02. The van der Waals surface area contributed by atoms with Crippen molar-refractivity contribution >= 4 is 5.91 Å². The van der Waals surface area contributed by atoms with Crippen LogP contribution in [0.1, 0.15) is 35.7 Å². The van der Waals surface area contributed by atoms with Gasteiger partial charge in [0.25, 0.3) is 5.91 Å². The average molecular weight is 219 g/mol. The second kappa shape index (κ2) is 4.66. The minimum atomic E-state index is -0.230.